The van der Waals surface area contributed by atoms with Crippen molar-refractivity contribution in [2.45, 2.75) is 33.9 Å². The second-order valence-corrected chi connectivity index (χ2v) is 10.4. The zero-order valence-electron chi connectivity index (χ0n) is 18.7. The van der Waals surface area contributed by atoms with Crippen molar-refractivity contribution in [3.63, 3.8) is 0 Å². The van der Waals surface area contributed by atoms with Crippen LogP contribution in [-0.4, -0.2) is 27.6 Å². The molecule has 10 heteroatoms. The van der Waals surface area contributed by atoms with Crippen LogP contribution in [-0.2, 0) is 0 Å². The molecule has 0 aromatic heterocycles. The summed E-state index contributed by atoms with van der Waals surface area (Å²) in [6, 6.07) is 19.0. The lowest BCUT2D eigenvalue weighted by Gasteiger charge is -2.38. The number of alkyl halides is 1. The molecule has 0 unspecified atom stereocenters. The minimum atomic E-state index is -0.414. The molecular weight excluding hydrogens is 490 g/mol. The zero-order valence-corrected chi connectivity index (χ0v) is 20.2. The van der Waals surface area contributed by atoms with Crippen molar-refractivity contribution in [2.24, 2.45) is 5.92 Å². The Labute approximate surface area is 210 Å². The van der Waals surface area contributed by atoms with Gasteiger partial charge in [0, 0.05) is 29.4 Å². The van der Waals surface area contributed by atoms with Gasteiger partial charge >= 0.3 is 0 Å². The van der Waals surface area contributed by atoms with E-state index >= 15 is 0 Å². The Kier molecular flexibility index (Phi) is 6.29. The number of nitrogens with zero attached hydrogens (tertiary/aromatic N) is 2. The fourth-order valence-corrected chi connectivity index (χ4v) is 7.23. The average Bonchev–Trinajstić information content (AvgIpc) is 3.19. The molecule has 0 amide bonds. The SMILES string of the molecule is COc1cccc2c1N[C@@H](c1ccc([N+](=O)[O-])cc1)[C@@H]1C[C@@H](Sc3ccccc3[N+](=O)[O-])[C@@H](Cl)[C@H]21. The third-order valence-electron chi connectivity index (χ3n) is 6.83. The zero-order chi connectivity index (χ0) is 24.7. The smallest absolute Gasteiger partial charge is 0.282 e. The lowest BCUT2D eigenvalue weighted by Crippen LogP contribution is -2.31. The highest BCUT2D eigenvalue weighted by Gasteiger charge is 2.51. The first kappa shape index (κ1) is 23.4. The first-order valence-electron chi connectivity index (χ1n) is 11.1. The average molecular weight is 512 g/mol. The number of ether oxygens (including phenoxy) is 1. The highest BCUT2D eigenvalue weighted by Crippen LogP contribution is 2.59. The summed E-state index contributed by atoms with van der Waals surface area (Å²) in [6.07, 6.45) is 0.723. The van der Waals surface area contributed by atoms with Gasteiger partial charge in [-0.1, -0.05) is 36.4 Å². The van der Waals surface area contributed by atoms with Gasteiger partial charge < -0.3 is 10.1 Å². The van der Waals surface area contributed by atoms with Crippen LogP contribution < -0.4 is 10.1 Å². The lowest BCUT2D eigenvalue weighted by atomic mass is 9.77. The Bertz CT molecular complexity index is 1290. The minimum absolute atomic E-state index is 0.0246. The summed E-state index contributed by atoms with van der Waals surface area (Å²) in [5, 5.41) is 26.0. The monoisotopic (exact) mass is 511 g/mol. The molecule has 1 heterocycles. The van der Waals surface area contributed by atoms with Crippen LogP contribution in [0.1, 0.15) is 29.5 Å². The van der Waals surface area contributed by atoms with Crippen molar-refractivity contribution < 1.29 is 14.6 Å². The molecule has 1 N–H and O–H groups in total. The van der Waals surface area contributed by atoms with E-state index < -0.39 is 4.92 Å². The predicted octanol–water partition coefficient (Wildman–Crippen LogP) is 6.55. The fraction of sp³-hybridized carbons (Fsp3) is 0.280. The van der Waals surface area contributed by atoms with Crippen LogP contribution in [0.2, 0.25) is 0 Å². The number of para-hydroxylation sites is 2. The van der Waals surface area contributed by atoms with E-state index in [0.29, 0.717) is 10.6 Å². The maximum absolute atomic E-state index is 11.6. The number of non-ortho nitro benzene ring substituents is 1. The summed E-state index contributed by atoms with van der Waals surface area (Å²) >= 11 is 8.57. The number of nitro groups is 2. The van der Waals surface area contributed by atoms with E-state index in [1.165, 1.54) is 30.0 Å². The summed E-state index contributed by atoms with van der Waals surface area (Å²) in [6.45, 7) is 0. The van der Waals surface area contributed by atoms with Gasteiger partial charge in [-0.15, -0.1) is 23.4 Å². The number of rotatable bonds is 6. The molecule has 8 nitrogen and oxygen atoms in total. The van der Waals surface area contributed by atoms with Crippen LogP contribution in [0, 0.1) is 26.1 Å². The van der Waals surface area contributed by atoms with Gasteiger partial charge in [0.1, 0.15) is 5.75 Å². The van der Waals surface area contributed by atoms with Gasteiger partial charge in [-0.3, -0.25) is 20.2 Å². The molecule has 1 saturated carbocycles. The fourth-order valence-electron chi connectivity index (χ4n) is 5.29. The lowest BCUT2D eigenvalue weighted by molar-refractivity contribution is -0.387. The van der Waals surface area contributed by atoms with Crippen LogP contribution in [0.4, 0.5) is 17.1 Å². The van der Waals surface area contributed by atoms with Crippen LogP contribution in [0.15, 0.2) is 71.6 Å². The molecule has 180 valence electrons. The van der Waals surface area contributed by atoms with E-state index in [-0.39, 0.29) is 44.8 Å². The number of hydrogen-bond donors (Lipinski definition) is 1. The van der Waals surface area contributed by atoms with Crippen molar-refractivity contribution in [2.75, 3.05) is 12.4 Å². The highest BCUT2D eigenvalue weighted by molar-refractivity contribution is 8.00. The third kappa shape index (κ3) is 4.19. The Balaban J connectivity index is 1.54. The number of fused-ring (bicyclic) bond motifs is 3. The Morgan fingerprint density at radius 3 is 2.43 bits per heavy atom. The van der Waals surface area contributed by atoms with E-state index in [9.17, 15) is 20.2 Å². The maximum Gasteiger partial charge on any atom is 0.282 e. The van der Waals surface area contributed by atoms with Gasteiger partial charge in [0.25, 0.3) is 11.4 Å². The number of nitrogens with one attached hydrogen (secondary N) is 1. The van der Waals surface area contributed by atoms with E-state index in [1.54, 1.807) is 37.4 Å². The van der Waals surface area contributed by atoms with Gasteiger partial charge in [-0.05, 0) is 35.6 Å². The van der Waals surface area contributed by atoms with E-state index in [2.05, 4.69) is 5.32 Å². The molecule has 35 heavy (non-hydrogen) atoms. The van der Waals surface area contributed by atoms with E-state index in [0.717, 1.165) is 23.2 Å². The summed E-state index contributed by atoms with van der Waals surface area (Å²) < 4.78 is 5.62. The largest absolute Gasteiger partial charge is 0.495 e. The van der Waals surface area contributed by atoms with Gasteiger partial charge in [0.15, 0.2) is 0 Å². The van der Waals surface area contributed by atoms with Gasteiger partial charge in [-0.25, -0.2) is 0 Å². The molecule has 1 aliphatic carbocycles. The van der Waals surface area contributed by atoms with Crippen molar-refractivity contribution in [3.05, 3.63) is 98.1 Å². The Morgan fingerprint density at radius 2 is 1.74 bits per heavy atom. The van der Waals surface area contributed by atoms with Gasteiger partial charge in [0.05, 0.1) is 39.0 Å². The number of hydrogen-bond acceptors (Lipinski definition) is 7. The van der Waals surface area contributed by atoms with Crippen LogP contribution >= 0.6 is 23.4 Å². The predicted molar refractivity (Wildman–Crippen MR) is 136 cm³/mol. The number of benzene rings is 3. The van der Waals surface area contributed by atoms with Crippen LogP contribution in [0.3, 0.4) is 0 Å². The van der Waals surface area contributed by atoms with Crippen molar-refractivity contribution in [1.29, 1.82) is 0 Å². The molecule has 2 aliphatic rings. The maximum atomic E-state index is 11.6. The number of nitro benzene ring substituents is 2. The number of anilines is 1. The number of thioether (sulfide) groups is 1. The Hall–Kier alpha value is -3.30. The topological polar surface area (TPSA) is 108 Å². The highest BCUT2D eigenvalue weighted by atomic mass is 35.5. The molecular formula is C25H22ClN3O5S. The summed E-state index contributed by atoms with van der Waals surface area (Å²) in [5.41, 5.74) is 2.94. The molecule has 1 aliphatic heterocycles. The van der Waals surface area contributed by atoms with Crippen LogP contribution in [0.25, 0.3) is 0 Å². The van der Waals surface area contributed by atoms with Gasteiger partial charge in [-0.2, -0.15) is 0 Å². The quantitative estimate of drug-likeness (QED) is 0.227. The molecule has 1 fully saturated rings. The Morgan fingerprint density at radius 1 is 1.00 bits per heavy atom. The van der Waals surface area contributed by atoms with Crippen molar-refractivity contribution in [3.8, 4) is 5.75 Å². The molecule has 0 spiro atoms. The summed E-state index contributed by atoms with van der Waals surface area (Å²) in [5.74, 6) is 0.758. The molecule has 0 radical (unpaired) electrons. The van der Waals surface area contributed by atoms with Crippen molar-refractivity contribution in [1.82, 2.24) is 0 Å². The van der Waals surface area contributed by atoms with Crippen LogP contribution in [0.5, 0.6) is 5.75 Å². The number of methoxy groups -OCH3 is 1. The first-order chi connectivity index (χ1) is 16.9. The summed E-state index contributed by atoms with van der Waals surface area (Å²) in [7, 11) is 1.62. The van der Waals surface area contributed by atoms with E-state index in [1.807, 2.05) is 18.2 Å². The molecule has 3 aromatic rings. The molecule has 0 saturated heterocycles. The molecule has 0 bridgehead atoms. The molecule has 5 rings (SSSR count). The van der Waals surface area contributed by atoms with E-state index in [4.69, 9.17) is 16.3 Å². The normalized spacial score (nSPS) is 24.7. The summed E-state index contributed by atoms with van der Waals surface area (Å²) in [4.78, 5) is 22.5. The molecule has 3 aromatic carbocycles. The second-order valence-electron chi connectivity index (χ2n) is 8.65. The first-order valence-corrected chi connectivity index (χ1v) is 12.4. The third-order valence-corrected chi connectivity index (χ3v) is 8.95. The number of halogens is 1. The second kappa shape index (κ2) is 9.39. The van der Waals surface area contributed by atoms with Crippen molar-refractivity contribution >= 4 is 40.4 Å². The van der Waals surface area contributed by atoms with Gasteiger partial charge in [0.2, 0.25) is 0 Å². The molecule has 5 atom stereocenters. The minimum Gasteiger partial charge on any atom is -0.495 e. The standard InChI is InChI=1S/C25H22ClN3O5S/c1-34-19-7-4-5-16-22-17(24(27-25(16)19)14-9-11-15(12-10-14)28(30)31)13-21(23(22)26)35-20-8-3-2-6-18(20)29(32)33/h2-12,17,21-24,27H,13H2,1H3/t17-,21-,22-,23-,24+/m1/s1.